The molecule has 6 rings (SSSR count). The molecule has 13 heteroatoms. The number of aryl methyl sites for hydroxylation is 1. The fourth-order valence-electron chi connectivity index (χ4n) is 5.35. The molecule has 2 aliphatic rings. The van der Waals surface area contributed by atoms with E-state index in [4.69, 9.17) is 9.47 Å². The molecule has 0 unspecified atom stereocenters. The predicted molar refractivity (Wildman–Crippen MR) is 149 cm³/mol. The lowest BCUT2D eigenvalue weighted by Gasteiger charge is -2.26. The highest BCUT2D eigenvalue weighted by atomic mass is 16.5. The van der Waals surface area contributed by atoms with Crippen molar-refractivity contribution in [1.29, 1.82) is 0 Å². The zero-order chi connectivity index (χ0) is 29.5. The molecule has 1 fully saturated rings. The highest BCUT2D eigenvalue weighted by Gasteiger charge is 2.30. The topological polar surface area (TPSA) is 144 Å². The van der Waals surface area contributed by atoms with Crippen LogP contribution >= 0.6 is 0 Å². The number of hydrogen-bond donors (Lipinski definition) is 1. The Morgan fingerprint density at radius 1 is 1.10 bits per heavy atom. The number of benzene rings is 2. The van der Waals surface area contributed by atoms with Gasteiger partial charge in [0.05, 0.1) is 18.8 Å². The second-order valence-electron chi connectivity index (χ2n) is 10.9. The Hall–Kier alpha value is -4.62. The number of phenols is 1. The Labute approximate surface area is 240 Å². The Balaban J connectivity index is 1.27. The van der Waals surface area contributed by atoms with E-state index in [9.17, 15) is 19.5 Å². The zero-order valence-electron chi connectivity index (χ0n) is 23.6. The summed E-state index contributed by atoms with van der Waals surface area (Å²) in [6, 6.07) is 9.14. The molecule has 42 heavy (non-hydrogen) atoms. The van der Waals surface area contributed by atoms with Gasteiger partial charge < -0.3 is 19.5 Å². The number of fused-ring (bicyclic) bond motifs is 2. The highest BCUT2D eigenvalue weighted by Crippen LogP contribution is 2.36. The van der Waals surface area contributed by atoms with Crippen molar-refractivity contribution in [2.24, 2.45) is 7.05 Å². The Bertz CT molecular complexity index is 1760. The first kappa shape index (κ1) is 27.5. The van der Waals surface area contributed by atoms with Gasteiger partial charge in [-0.3, -0.25) is 9.69 Å². The van der Waals surface area contributed by atoms with E-state index in [2.05, 4.69) is 38.4 Å². The standard InChI is InChI=1S/C29H31N7O6/c1-17(2)21-11-22(24(12-23(21)37)42-28(39)25-26-31-32-33(3)29(40)36(26)16-30-25)27(38)35-14-19-5-4-18(10-20(19)15-35)13-34-6-8-41-9-7-34/h4-5,10-12,16-17,37H,6-9,13-15H2,1-3H3. The number of aromatic nitrogens is 5. The van der Waals surface area contributed by atoms with E-state index in [1.807, 2.05) is 13.8 Å². The molecule has 1 N–H and O–H groups in total. The molecular formula is C29H31N7O6. The summed E-state index contributed by atoms with van der Waals surface area (Å²) in [5.74, 6) is -1.60. The summed E-state index contributed by atoms with van der Waals surface area (Å²) in [5.41, 5.74) is 3.12. The zero-order valence-corrected chi connectivity index (χ0v) is 23.6. The molecule has 0 radical (unpaired) electrons. The third-order valence-corrected chi connectivity index (χ3v) is 7.67. The first-order valence-electron chi connectivity index (χ1n) is 13.8. The van der Waals surface area contributed by atoms with Gasteiger partial charge in [-0.05, 0) is 34.2 Å². The smallest absolute Gasteiger partial charge is 0.366 e. The molecule has 0 aliphatic carbocycles. The van der Waals surface area contributed by atoms with E-state index in [1.165, 1.54) is 18.7 Å². The van der Waals surface area contributed by atoms with Gasteiger partial charge in [0.15, 0.2) is 11.3 Å². The summed E-state index contributed by atoms with van der Waals surface area (Å²) in [6.45, 7) is 8.66. The molecule has 1 amide bonds. The number of morpholine rings is 1. The van der Waals surface area contributed by atoms with Crippen molar-refractivity contribution < 1.29 is 24.2 Å². The number of ether oxygens (including phenoxy) is 2. The highest BCUT2D eigenvalue weighted by molar-refractivity contribution is 6.00. The van der Waals surface area contributed by atoms with Crippen LogP contribution in [0.5, 0.6) is 11.5 Å². The van der Waals surface area contributed by atoms with Crippen LogP contribution in [0.25, 0.3) is 5.65 Å². The van der Waals surface area contributed by atoms with Crippen LogP contribution < -0.4 is 10.4 Å². The maximum Gasteiger partial charge on any atom is 0.366 e. The molecular weight excluding hydrogens is 542 g/mol. The average Bonchev–Trinajstić information content (AvgIpc) is 3.60. The Morgan fingerprint density at radius 3 is 2.62 bits per heavy atom. The molecule has 13 nitrogen and oxygen atoms in total. The molecule has 2 aromatic heterocycles. The minimum atomic E-state index is -0.941. The number of hydrogen-bond acceptors (Lipinski definition) is 10. The van der Waals surface area contributed by atoms with Crippen LogP contribution in [0.4, 0.5) is 0 Å². The van der Waals surface area contributed by atoms with E-state index >= 15 is 0 Å². The summed E-state index contributed by atoms with van der Waals surface area (Å²) < 4.78 is 13.2. The Morgan fingerprint density at radius 2 is 1.86 bits per heavy atom. The van der Waals surface area contributed by atoms with Gasteiger partial charge in [0.2, 0.25) is 0 Å². The van der Waals surface area contributed by atoms with Crippen LogP contribution in [-0.2, 0) is 31.4 Å². The summed E-state index contributed by atoms with van der Waals surface area (Å²) in [4.78, 5) is 47.5. The van der Waals surface area contributed by atoms with Crippen molar-refractivity contribution in [2.45, 2.75) is 39.4 Å². The quantitative estimate of drug-likeness (QED) is 0.268. The van der Waals surface area contributed by atoms with Gasteiger partial charge in [0.1, 0.15) is 17.8 Å². The molecule has 218 valence electrons. The molecule has 2 aliphatic heterocycles. The van der Waals surface area contributed by atoms with Crippen LogP contribution in [0.2, 0.25) is 0 Å². The molecule has 4 heterocycles. The molecule has 0 saturated carbocycles. The lowest BCUT2D eigenvalue weighted by molar-refractivity contribution is 0.0342. The van der Waals surface area contributed by atoms with Crippen molar-refractivity contribution in [3.05, 3.63) is 80.7 Å². The number of amides is 1. The fourth-order valence-corrected chi connectivity index (χ4v) is 5.35. The summed E-state index contributed by atoms with van der Waals surface area (Å²) >= 11 is 0. The first-order valence-corrected chi connectivity index (χ1v) is 13.8. The third-order valence-electron chi connectivity index (χ3n) is 7.67. The van der Waals surface area contributed by atoms with Crippen molar-refractivity contribution in [2.75, 3.05) is 26.3 Å². The number of carbonyl (C=O) groups excluding carboxylic acids is 2. The predicted octanol–water partition coefficient (Wildman–Crippen LogP) is 1.86. The maximum atomic E-state index is 13.9. The summed E-state index contributed by atoms with van der Waals surface area (Å²) in [6.07, 6.45) is 1.16. The minimum absolute atomic E-state index is 0.0816. The van der Waals surface area contributed by atoms with Crippen LogP contribution in [-0.4, -0.2) is 77.5 Å². The van der Waals surface area contributed by atoms with Gasteiger partial charge in [0, 0.05) is 45.8 Å². The van der Waals surface area contributed by atoms with E-state index < -0.39 is 11.7 Å². The molecule has 0 spiro atoms. The molecule has 1 saturated heterocycles. The van der Waals surface area contributed by atoms with Crippen LogP contribution in [0, 0.1) is 0 Å². The van der Waals surface area contributed by atoms with Gasteiger partial charge >= 0.3 is 11.7 Å². The molecule has 4 aromatic rings. The van der Waals surface area contributed by atoms with E-state index in [0.717, 1.165) is 59.4 Å². The van der Waals surface area contributed by atoms with Crippen LogP contribution in [0.3, 0.4) is 0 Å². The lowest BCUT2D eigenvalue weighted by Crippen LogP contribution is -2.35. The van der Waals surface area contributed by atoms with Crippen molar-refractivity contribution >= 4 is 17.5 Å². The molecule has 2 aromatic carbocycles. The minimum Gasteiger partial charge on any atom is -0.508 e. The third kappa shape index (κ3) is 5.12. The normalized spacial score (nSPS) is 15.4. The number of aromatic hydroxyl groups is 1. The van der Waals surface area contributed by atoms with Crippen molar-refractivity contribution in [3.63, 3.8) is 0 Å². The average molecular weight is 574 g/mol. The van der Waals surface area contributed by atoms with Crippen LogP contribution in [0.1, 0.15) is 62.9 Å². The van der Waals surface area contributed by atoms with Gasteiger partial charge in [-0.15, -0.1) is 5.10 Å². The van der Waals surface area contributed by atoms with Gasteiger partial charge in [-0.2, -0.15) is 4.68 Å². The van der Waals surface area contributed by atoms with Gasteiger partial charge in [0.25, 0.3) is 5.91 Å². The van der Waals surface area contributed by atoms with Gasteiger partial charge in [-0.25, -0.2) is 19.0 Å². The summed E-state index contributed by atoms with van der Waals surface area (Å²) in [7, 11) is 1.42. The van der Waals surface area contributed by atoms with Gasteiger partial charge in [-0.1, -0.05) is 37.3 Å². The largest absolute Gasteiger partial charge is 0.508 e. The number of carbonyl (C=O) groups is 2. The molecule has 0 atom stereocenters. The number of phenolic OH excluding ortho intramolecular Hbond substituents is 1. The number of nitrogens with zero attached hydrogens (tertiary/aromatic N) is 7. The first-order chi connectivity index (χ1) is 20.2. The van der Waals surface area contributed by atoms with E-state index in [0.29, 0.717) is 18.7 Å². The van der Waals surface area contributed by atoms with E-state index in [-0.39, 0.29) is 40.2 Å². The van der Waals surface area contributed by atoms with Crippen LogP contribution in [0.15, 0.2) is 41.5 Å². The number of imidazole rings is 1. The maximum absolute atomic E-state index is 13.9. The van der Waals surface area contributed by atoms with Crippen molar-refractivity contribution in [1.82, 2.24) is 34.2 Å². The van der Waals surface area contributed by atoms with E-state index in [1.54, 1.807) is 11.0 Å². The second-order valence-corrected chi connectivity index (χ2v) is 10.9. The fraction of sp³-hybridized carbons (Fsp3) is 0.379. The number of rotatable bonds is 6. The number of esters is 1. The lowest BCUT2D eigenvalue weighted by atomic mass is 9.98. The van der Waals surface area contributed by atoms with Crippen molar-refractivity contribution in [3.8, 4) is 11.5 Å². The second kappa shape index (κ2) is 11.0. The monoisotopic (exact) mass is 573 g/mol. The SMILES string of the molecule is CC(C)c1cc(C(=O)N2Cc3ccc(CN4CCOCC4)cc3C2)c(OC(=O)c2ncn3c(=O)n(C)nnc23)cc1O. The summed E-state index contributed by atoms with van der Waals surface area (Å²) in [5, 5.41) is 18.3. The molecule has 0 bridgehead atoms. The Kier molecular flexibility index (Phi) is 7.21.